The molecule has 8 heteroatoms. The van der Waals surface area contributed by atoms with E-state index < -0.39 is 6.04 Å². The van der Waals surface area contributed by atoms with E-state index in [0.717, 1.165) is 10.4 Å². The van der Waals surface area contributed by atoms with Crippen molar-refractivity contribution in [2.75, 3.05) is 10.6 Å². The molecule has 130 valence electrons. The van der Waals surface area contributed by atoms with Crippen molar-refractivity contribution in [3.8, 4) is 11.5 Å². The van der Waals surface area contributed by atoms with Crippen molar-refractivity contribution in [3.63, 3.8) is 0 Å². The Labute approximate surface area is 148 Å². The van der Waals surface area contributed by atoms with Gasteiger partial charge in [0.05, 0.1) is 6.42 Å². The summed E-state index contributed by atoms with van der Waals surface area (Å²) in [5.41, 5.74) is 0.608. The Hall–Kier alpha value is -3.68. The summed E-state index contributed by atoms with van der Waals surface area (Å²) < 4.78 is 6.86. The zero-order chi connectivity index (χ0) is 17.9. The van der Waals surface area contributed by atoms with Crippen LogP contribution in [0.3, 0.4) is 0 Å². The van der Waals surface area contributed by atoms with Crippen molar-refractivity contribution in [2.24, 2.45) is 0 Å². The molecule has 3 aromatic rings. The summed E-state index contributed by atoms with van der Waals surface area (Å²) in [6.07, 6.45) is 1.28. The minimum atomic E-state index is -0.695. The van der Waals surface area contributed by atoms with E-state index in [9.17, 15) is 9.59 Å². The molecule has 1 amide bonds. The van der Waals surface area contributed by atoms with Gasteiger partial charge in [-0.1, -0.05) is 18.2 Å². The summed E-state index contributed by atoms with van der Waals surface area (Å²) >= 11 is 0. The van der Waals surface area contributed by atoms with E-state index in [2.05, 4.69) is 20.7 Å². The van der Waals surface area contributed by atoms with Crippen LogP contribution < -0.4 is 15.4 Å². The summed E-state index contributed by atoms with van der Waals surface area (Å²) in [6, 6.07) is 15.7. The first-order valence-corrected chi connectivity index (χ1v) is 8.02. The van der Waals surface area contributed by atoms with Crippen molar-refractivity contribution < 1.29 is 14.3 Å². The molecule has 1 aliphatic rings. The van der Waals surface area contributed by atoms with E-state index in [0.29, 0.717) is 11.4 Å². The van der Waals surface area contributed by atoms with Gasteiger partial charge in [0.15, 0.2) is 0 Å². The summed E-state index contributed by atoms with van der Waals surface area (Å²) in [5, 5.41) is 9.49. The molecule has 0 radical (unpaired) electrons. The molecule has 1 aromatic heterocycles. The number of benzene rings is 2. The van der Waals surface area contributed by atoms with Crippen LogP contribution in [0.4, 0.5) is 11.6 Å². The Morgan fingerprint density at radius 2 is 1.85 bits per heavy atom. The van der Waals surface area contributed by atoms with E-state index in [1.54, 1.807) is 24.3 Å². The molecule has 2 aromatic carbocycles. The highest BCUT2D eigenvalue weighted by molar-refractivity contribution is 6.01. The van der Waals surface area contributed by atoms with Crippen LogP contribution in [-0.4, -0.2) is 32.6 Å². The SMILES string of the molecule is O=C(Nc1ccc(Oc2ccccc2)cc1)C1CC(=O)n2ncnc2N1. The maximum absolute atomic E-state index is 12.4. The van der Waals surface area contributed by atoms with Crippen LogP contribution in [0, 0.1) is 0 Å². The van der Waals surface area contributed by atoms with Gasteiger partial charge < -0.3 is 15.4 Å². The van der Waals surface area contributed by atoms with Crippen LogP contribution in [0.1, 0.15) is 11.2 Å². The van der Waals surface area contributed by atoms with Gasteiger partial charge in [-0.25, -0.2) is 0 Å². The number of para-hydroxylation sites is 1. The van der Waals surface area contributed by atoms with Gasteiger partial charge >= 0.3 is 0 Å². The number of nitrogens with zero attached hydrogens (tertiary/aromatic N) is 3. The molecule has 0 fully saturated rings. The molecular formula is C18H15N5O3. The molecule has 2 N–H and O–H groups in total. The summed E-state index contributed by atoms with van der Waals surface area (Å²) in [6.45, 7) is 0. The number of nitrogens with one attached hydrogen (secondary N) is 2. The second-order valence-electron chi connectivity index (χ2n) is 5.72. The fourth-order valence-electron chi connectivity index (χ4n) is 2.61. The van der Waals surface area contributed by atoms with Gasteiger partial charge in [0.25, 0.3) is 5.91 Å². The third-order valence-corrected chi connectivity index (χ3v) is 3.88. The van der Waals surface area contributed by atoms with E-state index in [1.807, 2.05) is 30.3 Å². The van der Waals surface area contributed by atoms with E-state index in [4.69, 9.17) is 4.74 Å². The molecule has 1 atom stereocenters. The molecule has 0 aliphatic carbocycles. The first-order valence-electron chi connectivity index (χ1n) is 8.02. The largest absolute Gasteiger partial charge is 0.457 e. The van der Waals surface area contributed by atoms with E-state index in [1.165, 1.54) is 6.33 Å². The smallest absolute Gasteiger partial charge is 0.252 e. The zero-order valence-electron chi connectivity index (χ0n) is 13.6. The highest BCUT2D eigenvalue weighted by Crippen LogP contribution is 2.23. The molecule has 0 saturated carbocycles. The normalized spacial score (nSPS) is 15.7. The molecule has 1 unspecified atom stereocenters. The third kappa shape index (κ3) is 3.25. The number of anilines is 2. The lowest BCUT2D eigenvalue weighted by atomic mass is 10.1. The van der Waals surface area contributed by atoms with Gasteiger partial charge in [0, 0.05) is 5.69 Å². The number of rotatable bonds is 4. The lowest BCUT2D eigenvalue weighted by Crippen LogP contribution is -2.42. The van der Waals surface area contributed by atoms with E-state index >= 15 is 0 Å². The molecule has 0 saturated heterocycles. The fraction of sp³-hybridized carbons (Fsp3) is 0.111. The number of carbonyl (C=O) groups excluding carboxylic acids is 2. The highest BCUT2D eigenvalue weighted by atomic mass is 16.5. The number of ether oxygens (including phenoxy) is 1. The summed E-state index contributed by atoms with van der Waals surface area (Å²) in [7, 11) is 0. The molecule has 8 nitrogen and oxygen atoms in total. The van der Waals surface area contributed by atoms with Crippen LogP contribution in [0.5, 0.6) is 11.5 Å². The maximum atomic E-state index is 12.4. The zero-order valence-corrected chi connectivity index (χ0v) is 13.6. The van der Waals surface area contributed by atoms with Crippen molar-refractivity contribution in [3.05, 3.63) is 60.9 Å². The molecule has 0 bridgehead atoms. The standard InChI is InChI=1S/C18H15N5O3/c24-16-10-15(22-18-19-11-20-23(16)18)17(25)21-12-6-8-14(9-7-12)26-13-4-2-1-3-5-13/h1-9,11,15H,10H2,(H,21,25)(H,19,20,22). The van der Waals surface area contributed by atoms with Gasteiger partial charge in [-0.2, -0.15) is 14.8 Å². The summed E-state index contributed by atoms with van der Waals surface area (Å²) in [5.74, 6) is 1.08. The number of hydrogen-bond donors (Lipinski definition) is 2. The monoisotopic (exact) mass is 349 g/mol. The Bertz CT molecular complexity index is 937. The Balaban J connectivity index is 1.40. The number of fused-ring (bicyclic) bond motifs is 1. The molecule has 26 heavy (non-hydrogen) atoms. The predicted octanol–water partition coefficient (Wildman–Crippen LogP) is 2.53. The minimum absolute atomic E-state index is 0.0113. The second kappa shape index (κ2) is 6.67. The van der Waals surface area contributed by atoms with E-state index in [-0.39, 0.29) is 24.2 Å². The van der Waals surface area contributed by atoms with Crippen molar-refractivity contribution in [2.45, 2.75) is 12.5 Å². The first-order chi connectivity index (χ1) is 12.7. The third-order valence-electron chi connectivity index (χ3n) is 3.88. The van der Waals surface area contributed by atoms with Crippen LogP contribution in [0.25, 0.3) is 0 Å². The van der Waals surface area contributed by atoms with Gasteiger partial charge in [-0.3, -0.25) is 9.59 Å². The second-order valence-corrected chi connectivity index (χ2v) is 5.72. The first kappa shape index (κ1) is 15.8. The molecular weight excluding hydrogens is 334 g/mol. The molecule has 4 rings (SSSR count). The quantitative estimate of drug-likeness (QED) is 0.751. The lowest BCUT2D eigenvalue weighted by molar-refractivity contribution is -0.117. The maximum Gasteiger partial charge on any atom is 0.252 e. The minimum Gasteiger partial charge on any atom is -0.457 e. The van der Waals surface area contributed by atoms with Crippen molar-refractivity contribution in [1.29, 1.82) is 0 Å². The van der Waals surface area contributed by atoms with Gasteiger partial charge in [-0.15, -0.1) is 0 Å². The topological polar surface area (TPSA) is 98.1 Å². The Morgan fingerprint density at radius 3 is 2.62 bits per heavy atom. The lowest BCUT2D eigenvalue weighted by Gasteiger charge is -2.22. The number of hydrogen-bond acceptors (Lipinski definition) is 6. The Kier molecular flexibility index (Phi) is 4.06. The van der Waals surface area contributed by atoms with Gasteiger partial charge in [-0.05, 0) is 36.4 Å². The Morgan fingerprint density at radius 1 is 1.12 bits per heavy atom. The van der Waals surface area contributed by atoms with Crippen LogP contribution in [0.2, 0.25) is 0 Å². The molecule has 2 heterocycles. The summed E-state index contributed by atoms with van der Waals surface area (Å²) in [4.78, 5) is 28.3. The number of aromatic nitrogens is 3. The fourth-order valence-corrected chi connectivity index (χ4v) is 2.61. The average Bonchev–Trinajstić information content (AvgIpc) is 3.13. The van der Waals surface area contributed by atoms with Crippen molar-refractivity contribution in [1.82, 2.24) is 14.8 Å². The molecule has 0 spiro atoms. The van der Waals surface area contributed by atoms with Crippen LogP contribution >= 0.6 is 0 Å². The van der Waals surface area contributed by atoms with Crippen LogP contribution in [-0.2, 0) is 4.79 Å². The van der Waals surface area contributed by atoms with Crippen LogP contribution in [0.15, 0.2) is 60.9 Å². The predicted molar refractivity (Wildman–Crippen MR) is 94.3 cm³/mol. The number of carbonyl (C=O) groups is 2. The van der Waals surface area contributed by atoms with Gasteiger partial charge in [0.2, 0.25) is 11.9 Å². The average molecular weight is 349 g/mol. The molecule has 1 aliphatic heterocycles. The number of amides is 1. The van der Waals surface area contributed by atoms with Crippen molar-refractivity contribution >= 4 is 23.5 Å². The van der Waals surface area contributed by atoms with Gasteiger partial charge in [0.1, 0.15) is 23.9 Å². The highest BCUT2D eigenvalue weighted by Gasteiger charge is 2.30.